The van der Waals surface area contributed by atoms with Crippen LogP contribution in [0.15, 0.2) is 41.6 Å². The van der Waals surface area contributed by atoms with Gasteiger partial charge in [0.25, 0.3) is 11.1 Å². The SMILES string of the molecule is COc1cc(N(C)CCOc2ccc(/C=C3\SC(=O)NC3=O)cc2)ncn1. The molecule has 2 heterocycles. The summed E-state index contributed by atoms with van der Waals surface area (Å²) >= 11 is 0.896. The average molecular weight is 386 g/mol. The van der Waals surface area contributed by atoms with E-state index >= 15 is 0 Å². The Morgan fingerprint density at radius 2 is 2.00 bits per heavy atom. The van der Waals surface area contributed by atoms with E-state index in [0.29, 0.717) is 29.7 Å². The van der Waals surface area contributed by atoms with Gasteiger partial charge < -0.3 is 14.4 Å². The summed E-state index contributed by atoms with van der Waals surface area (Å²) in [6.45, 7) is 1.10. The normalized spacial score (nSPS) is 15.0. The van der Waals surface area contributed by atoms with Crippen LogP contribution in [0.3, 0.4) is 0 Å². The predicted molar refractivity (Wildman–Crippen MR) is 103 cm³/mol. The molecule has 0 spiro atoms. The number of hydrogen-bond donors (Lipinski definition) is 1. The maximum absolute atomic E-state index is 11.6. The molecule has 1 aromatic heterocycles. The number of imide groups is 1. The molecule has 2 amide bonds. The monoisotopic (exact) mass is 386 g/mol. The maximum atomic E-state index is 11.6. The number of thioether (sulfide) groups is 1. The molecule has 9 heteroatoms. The standard InChI is InChI=1S/C18H18N4O4S/c1-22(15-10-16(25-2)20-11-19-15)7-8-26-13-5-3-12(4-6-13)9-14-17(23)21-18(24)27-14/h3-6,9-11H,7-8H2,1-2H3,(H,21,23,24)/b14-9-. The van der Waals surface area contributed by atoms with E-state index in [1.54, 1.807) is 19.3 Å². The van der Waals surface area contributed by atoms with Crippen molar-refractivity contribution < 1.29 is 19.1 Å². The Morgan fingerprint density at radius 1 is 1.22 bits per heavy atom. The molecule has 0 bridgehead atoms. The topological polar surface area (TPSA) is 93.7 Å². The number of likely N-dealkylation sites (N-methyl/N-ethyl adjacent to an activating group) is 1. The number of nitrogens with zero attached hydrogens (tertiary/aromatic N) is 3. The summed E-state index contributed by atoms with van der Waals surface area (Å²) in [6, 6.07) is 9.05. The van der Waals surface area contributed by atoms with Crippen molar-refractivity contribution in [3.8, 4) is 11.6 Å². The number of amides is 2. The Morgan fingerprint density at radius 3 is 2.67 bits per heavy atom. The highest BCUT2D eigenvalue weighted by atomic mass is 32.2. The highest BCUT2D eigenvalue weighted by Crippen LogP contribution is 2.26. The Labute approximate surface area is 160 Å². The van der Waals surface area contributed by atoms with E-state index < -0.39 is 0 Å². The molecular weight excluding hydrogens is 368 g/mol. The van der Waals surface area contributed by atoms with Gasteiger partial charge >= 0.3 is 0 Å². The van der Waals surface area contributed by atoms with E-state index in [4.69, 9.17) is 9.47 Å². The van der Waals surface area contributed by atoms with Gasteiger partial charge in [-0.2, -0.15) is 0 Å². The van der Waals surface area contributed by atoms with Crippen LogP contribution in [0.25, 0.3) is 6.08 Å². The molecule has 1 fully saturated rings. The molecule has 8 nitrogen and oxygen atoms in total. The van der Waals surface area contributed by atoms with E-state index in [-0.39, 0.29) is 11.1 Å². The van der Waals surface area contributed by atoms with Crippen molar-refractivity contribution in [1.29, 1.82) is 0 Å². The number of ether oxygens (including phenoxy) is 2. The minimum atomic E-state index is -0.366. The molecule has 0 aliphatic carbocycles. The second-order valence-corrected chi connectivity index (χ2v) is 6.62. The number of rotatable bonds is 7. The zero-order valence-electron chi connectivity index (χ0n) is 14.8. The van der Waals surface area contributed by atoms with Crippen LogP contribution in [0.4, 0.5) is 10.6 Å². The molecular formula is C18H18N4O4S. The first-order valence-electron chi connectivity index (χ1n) is 8.10. The fourth-order valence-electron chi connectivity index (χ4n) is 2.30. The van der Waals surface area contributed by atoms with Gasteiger partial charge in [-0.3, -0.25) is 14.9 Å². The maximum Gasteiger partial charge on any atom is 0.290 e. The van der Waals surface area contributed by atoms with Gasteiger partial charge in [-0.15, -0.1) is 0 Å². The fraction of sp³-hybridized carbons (Fsp3) is 0.222. The number of carbonyl (C=O) groups is 2. The van der Waals surface area contributed by atoms with Gasteiger partial charge in [0, 0.05) is 13.1 Å². The summed E-state index contributed by atoms with van der Waals surface area (Å²) in [4.78, 5) is 33.2. The van der Waals surface area contributed by atoms with Crippen LogP contribution >= 0.6 is 11.8 Å². The largest absolute Gasteiger partial charge is 0.492 e. The zero-order valence-corrected chi connectivity index (χ0v) is 15.7. The average Bonchev–Trinajstić information content (AvgIpc) is 3.00. The molecule has 1 aromatic carbocycles. The number of hydrogen-bond acceptors (Lipinski definition) is 8. The summed E-state index contributed by atoms with van der Waals surface area (Å²) in [7, 11) is 3.47. The lowest BCUT2D eigenvalue weighted by Gasteiger charge is -2.18. The lowest BCUT2D eigenvalue weighted by Crippen LogP contribution is -2.24. The van der Waals surface area contributed by atoms with Crippen molar-refractivity contribution >= 4 is 34.8 Å². The number of anilines is 1. The van der Waals surface area contributed by atoms with E-state index in [2.05, 4.69) is 15.3 Å². The second-order valence-electron chi connectivity index (χ2n) is 5.61. The van der Waals surface area contributed by atoms with Crippen LogP contribution in [-0.2, 0) is 4.79 Å². The van der Waals surface area contributed by atoms with Gasteiger partial charge in [-0.05, 0) is 35.5 Å². The summed E-state index contributed by atoms with van der Waals surface area (Å²) in [5.41, 5.74) is 0.819. The van der Waals surface area contributed by atoms with Gasteiger partial charge in [0.2, 0.25) is 5.88 Å². The van der Waals surface area contributed by atoms with Crippen LogP contribution < -0.4 is 19.7 Å². The van der Waals surface area contributed by atoms with Gasteiger partial charge in [-0.1, -0.05) is 12.1 Å². The lowest BCUT2D eigenvalue weighted by molar-refractivity contribution is -0.115. The first-order valence-corrected chi connectivity index (χ1v) is 8.91. The predicted octanol–water partition coefficient (Wildman–Crippen LogP) is 2.32. The van der Waals surface area contributed by atoms with Gasteiger partial charge in [-0.25, -0.2) is 9.97 Å². The molecule has 1 saturated heterocycles. The smallest absolute Gasteiger partial charge is 0.290 e. The highest BCUT2D eigenvalue weighted by molar-refractivity contribution is 8.18. The minimum absolute atomic E-state index is 0.350. The molecule has 1 aliphatic heterocycles. The molecule has 0 atom stereocenters. The zero-order chi connectivity index (χ0) is 19.2. The van der Waals surface area contributed by atoms with Crippen molar-refractivity contribution in [1.82, 2.24) is 15.3 Å². The molecule has 1 N–H and O–H groups in total. The third kappa shape index (κ3) is 4.98. The van der Waals surface area contributed by atoms with E-state index in [0.717, 1.165) is 23.1 Å². The quantitative estimate of drug-likeness (QED) is 0.725. The highest BCUT2D eigenvalue weighted by Gasteiger charge is 2.24. The van der Waals surface area contributed by atoms with Crippen LogP contribution in [0, 0.1) is 0 Å². The van der Waals surface area contributed by atoms with Crippen molar-refractivity contribution in [2.45, 2.75) is 0 Å². The fourth-order valence-corrected chi connectivity index (χ4v) is 2.98. The molecule has 1 aliphatic rings. The Bertz CT molecular complexity index is 870. The van der Waals surface area contributed by atoms with E-state index in [1.165, 1.54) is 6.33 Å². The summed E-state index contributed by atoms with van der Waals surface area (Å²) < 4.78 is 10.8. The molecule has 0 radical (unpaired) electrons. The van der Waals surface area contributed by atoms with Crippen LogP contribution in [0.2, 0.25) is 0 Å². The molecule has 0 saturated carbocycles. The summed E-state index contributed by atoms with van der Waals surface area (Å²) in [6.07, 6.45) is 3.13. The van der Waals surface area contributed by atoms with Crippen molar-refractivity contribution in [2.75, 3.05) is 32.2 Å². The number of benzene rings is 1. The number of methoxy groups -OCH3 is 1. The van der Waals surface area contributed by atoms with E-state index in [9.17, 15) is 9.59 Å². The van der Waals surface area contributed by atoms with Crippen LogP contribution in [0.5, 0.6) is 11.6 Å². The Balaban J connectivity index is 1.52. The first-order chi connectivity index (χ1) is 13.0. The van der Waals surface area contributed by atoms with Crippen LogP contribution in [-0.4, -0.2) is 48.4 Å². The number of aromatic nitrogens is 2. The van der Waals surface area contributed by atoms with Gasteiger partial charge in [0.1, 0.15) is 24.5 Å². The third-order valence-corrected chi connectivity index (χ3v) is 4.55. The van der Waals surface area contributed by atoms with Crippen LogP contribution in [0.1, 0.15) is 5.56 Å². The van der Waals surface area contributed by atoms with Gasteiger partial charge in [0.05, 0.1) is 18.6 Å². The van der Waals surface area contributed by atoms with Crippen molar-refractivity contribution in [3.63, 3.8) is 0 Å². The molecule has 3 rings (SSSR count). The molecule has 2 aromatic rings. The molecule has 140 valence electrons. The summed E-state index contributed by atoms with van der Waals surface area (Å²) in [5, 5.41) is 1.88. The molecule has 0 unspecified atom stereocenters. The third-order valence-electron chi connectivity index (χ3n) is 3.74. The van der Waals surface area contributed by atoms with Crippen molar-refractivity contribution in [3.05, 3.63) is 47.1 Å². The minimum Gasteiger partial charge on any atom is -0.492 e. The number of carbonyl (C=O) groups excluding carboxylic acids is 2. The molecule has 27 heavy (non-hydrogen) atoms. The lowest BCUT2D eigenvalue weighted by atomic mass is 10.2. The first kappa shape index (κ1) is 18.7. The van der Waals surface area contributed by atoms with E-state index in [1.807, 2.05) is 36.2 Å². The number of nitrogens with one attached hydrogen (secondary N) is 1. The Kier molecular flexibility index (Phi) is 5.92. The van der Waals surface area contributed by atoms with Crippen molar-refractivity contribution in [2.24, 2.45) is 0 Å². The summed E-state index contributed by atoms with van der Waals surface area (Å²) in [5.74, 6) is 1.60. The van der Waals surface area contributed by atoms with Gasteiger partial charge in [0.15, 0.2) is 0 Å². The Hall–Kier alpha value is -3.07. The second kappa shape index (κ2) is 8.54.